The molecular weight excluding hydrogens is 542 g/mol. The molecule has 0 saturated heterocycles. The van der Waals surface area contributed by atoms with Crippen molar-refractivity contribution in [3.8, 4) is 0 Å². The molecule has 0 saturated carbocycles. The molecule has 161 valence electrons. The molecule has 13 heteroatoms. The van der Waals surface area contributed by atoms with Gasteiger partial charge in [0.15, 0.2) is 0 Å². The van der Waals surface area contributed by atoms with Gasteiger partial charge in [-0.1, -0.05) is 48.5 Å². The molecule has 3 rings (SSSR count). The van der Waals surface area contributed by atoms with Crippen molar-refractivity contribution in [2.24, 2.45) is 0 Å². The minimum absolute atomic E-state index is 0. The molecule has 0 atom stereocenters. The molecule has 0 aliphatic carbocycles. The van der Waals surface area contributed by atoms with Gasteiger partial charge < -0.3 is 0 Å². The van der Waals surface area contributed by atoms with E-state index in [1.807, 2.05) is 0 Å². The Morgan fingerprint density at radius 2 is 0.724 bits per heavy atom. The molecular formula is C16H8AgF6O4S2. The standard InChI is InChI=1S/C16H8F6O4S2.Ag/c17-15(18,19)27(23,24)13-9-5-1-2-6-10(9)14(28(25,26)16(20,21)22)12-8-4-3-7-11(12)13;/h1-8H;. The second-order valence-corrected chi connectivity index (χ2v) is 9.40. The molecule has 0 aliphatic heterocycles. The van der Waals surface area contributed by atoms with E-state index in [1.165, 1.54) is 0 Å². The Morgan fingerprint density at radius 1 is 0.517 bits per heavy atom. The van der Waals surface area contributed by atoms with Gasteiger partial charge in [-0.05, 0) is 0 Å². The maximum absolute atomic E-state index is 13.2. The number of sulfone groups is 2. The number of hydrogen-bond acceptors (Lipinski definition) is 4. The van der Waals surface area contributed by atoms with E-state index >= 15 is 0 Å². The first kappa shape index (κ1) is 23.7. The van der Waals surface area contributed by atoms with Crippen LogP contribution >= 0.6 is 0 Å². The Balaban J connectivity index is 0.00000300. The fourth-order valence-electron chi connectivity index (χ4n) is 2.86. The summed E-state index contributed by atoms with van der Waals surface area (Å²) in [4.78, 5) is -2.60. The third-order valence-corrected chi connectivity index (χ3v) is 7.15. The Labute approximate surface area is 175 Å². The van der Waals surface area contributed by atoms with Gasteiger partial charge >= 0.3 is 11.0 Å². The molecule has 0 fully saturated rings. The number of alkyl halides is 6. The third kappa shape index (κ3) is 3.56. The first-order valence-electron chi connectivity index (χ1n) is 7.27. The Kier molecular flexibility index (Phi) is 5.94. The van der Waals surface area contributed by atoms with Crippen LogP contribution in [0.4, 0.5) is 26.3 Å². The van der Waals surface area contributed by atoms with Crippen molar-refractivity contribution in [1.29, 1.82) is 0 Å². The fourth-order valence-corrected chi connectivity index (χ4v) is 5.19. The van der Waals surface area contributed by atoms with Crippen molar-refractivity contribution < 1.29 is 65.6 Å². The van der Waals surface area contributed by atoms with Crippen molar-refractivity contribution in [2.45, 2.75) is 20.8 Å². The zero-order valence-corrected chi connectivity index (χ0v) is 16.8. The minimum atomic E-state index is -6.00. The molecule has 0 spiro atoms. The molecule has 0 aliphatic rings. The summed E-state index contributed by atoms with van der Waals surface area (Å²) < 4.78 is 128. The molecule has 0 heterocycles. The largest absolute Gasteiger partial charge is 0.501 e. The maximum Gasteiger partial charge on any atom is 0.501 e. The predicted molar refractivity (Wildman–Crippen MR) is 87.9 cm³/mol. The molecule has 0 unspecified atom stereocenters. The van der Waals surface area contributed by atoms with Gasteiger partial charge in [-0.15, -0.1) is 0 Å². The van der Waals surface area contributed by atoms with Crippen molar-refractivity contribution >= 4 is 41.2 Å². The molecule has 1 radical (unpaired) electrons. The van der Waals surface area contributed by atoms with Gasteiger partial charge in [0.1, 0.15) is 0 Å². The molecule has 4 nitrogen and oxygen atoms in total. The van der Waals surface area contributed by atoms with Crippen LogP contribution in [0.15, 0.2) is 58.3 Å². The van der Waals surface area contributed by atoms with Crippen LogP contribution in [0.25, 0.3) is 21.5 Å². The predicted octanol–water partition coefficient (Wildman–Crippen LogP) is 4.58. The van der Waals surface area contributed by atoms with Gasteiger partial charge in [0, 0.05) is 43.9 Å². The molecule has 3 aromatic carbocycles. The summed E-state index contributed by atoms with van der Waals surface area (Å²) in [6.45, 7) is 0. The number of benzene rings is 3. The monoisotopic (exact) mass is 549 g/mol. The summed E-state index contributed by atoms with van der Waals surface area (Å²) in [7, 11) is -12.0. The van der Waals surface area contributed by atoms with Crippen LogP contribution in [-0.2, 0) is 42.1 Å². The summed E-state index contributed by atoms with van der Waals surface area (Å²) >= 11 is 0. The fraction of sp³-hybridized carbons (Fsp3) is 0.125. The molecule has 0 aromatic heterocycles. The smallest absolute Gasteiger partial charge is 0.214 e. The summed E-state index contributed by atoms with van der Waals surface area (Å²) in [5, 5.41) is -3.11. The number of fused-ring (bicyclic) bond motifs is 2. The van der Waals surface area contributed by atoms with Gasteiger partial charge in [0.05, 0.1) is 9.79 Å². The van der Waals surface area contributed by atoms with E-state index < -0.39 is 62.0 Å². The first-order valence-corrected chi connectivity index (χ1v) is 10.2. The molecule has 0 bridgehead atoms. The summed E-state index contributed by atoms with van der Waals surface area (Å²) in [6, 6.07) is 7.69. The first-order chi connectivity index (χ1) is 12.7. The topological polar surface area (TPSA) is 68.3 Å². The van der Waals surface area contributed by atoms with Crippen molar-refractivity contribution in [1.82, 2.24) is 0 Å². The van der Waals surface area contributed by atoms with Gasteiger partial charge in [-0.25, -0.2) is 16.8 Å². The quantitative estimate of drug-likeness (QED) is 0.266. The van der Waals surface area contributed by atoms with Crippen LogP contribution in [0.1, 0.15) is 0 Å². The van der Waals surface area contributed by atoms with Crippen molar-refractivity contribution in [3.05, 3.63) is 48.5 Å². The summed E-state index contributed by atoms with van der Waals surface area (Å²) in [5.74, 6) is 0. The second-order valence-electron chi connectivity index (χ2n) is 5.65. The molecule has 3 aromatic rings. The zero-order valence-electron chi connectivity index (χ0n) is 13.6. The van der Waals surface area contributed by atoms with Crippen LogP contribution in [0.3, 0.4) is 0 Å². The van der Waals surface area contributed by atoms with Crippen LogP contribution < -0.4 is 0 Å². The third-order valence-electron chi connectivity index (χ3n) is 3.98. The van der Waals surface area contributed by atoms with E-state index in [0.29, 0.717) is 0 Å². The van der Waals surface area contributed by atoms with Gasteiger partial charge in [-0.3, -0.25) is 0 Å². The van der Waals surface area contributed by atoms with E-state index in [1.54, 1.807) is 0 Å². The van der Waals surface area contributed by atoms with E-state index in [-0.39, 0.29) is 22.4 Å². The molecule has 0 N–H and O–H groups in total. The Hall–Kier alpha value is -1.60. The maximum atomic E-state index is 13.2. The van der Waals surface area contributed by atoms with E-state index in [9.17, 15) is 43.2 Å². The molecule has 29 heavy (non-hydrogen) atoms. The minimum Gasteiger partial charge on any atom is -0.214 e. The molecule has 0 amide bonds. The average molecular weight is 550 g/mol. The van der Waals surface area contributed by atoms with Crippen LogP contribution in [-0.4, -0.2) is 27.9 Å². The van der Waals surface area contributed by atoms with Gasteiger partial charge in [0.25, 0.3) is 19.7 Å². The van der Waals surface area contributed by atoms with Crippen molar-refractivity contribution in [2.75, 3.05) is 0 Å². The van der Waals surface area contributed by atoms with Gasteiger partial charge in [0.2, 0.25) is 0 Å². The van der Waals surface area contributed by atoms with Crippen molar-refractivity contribution in [3.63, 3.8) is 0 Å². The van der Waals surface area contributed by atoms with E-state index in [2.05, 4.69) is 0 Å². The summed E-state index contributed by atoms with van der Waals surface area (Å²) in [5.41, 5.74) is -11.5. The normalized spacial score (nSPS) is 13.4. The number of halogens is 6. The Morgan fingerprint density at radius 3 is 0.897 bits per heavy atom. The average Bonchev–Trinajstić information content (AvgIpc) is 2.56. The Bertz CT molecular complexity index is 1150. The zero-order chi connectivity index (χ0) is 21.1. The van der Waals surface area contributed by atoms with Crippen LogP contribution in [0.2, 0.25) is 0 Å². The number of rotatable bonds is 2. The van der Waals surface area contributed by atoms with Gasteiger partial charge in [-0.2, -0.15) is 26.3 Å². The SMILES string of the molecule is O=S(=O)(c1c2ccccc2c(S(=O)(=O)C(F)(F)F)c2ccccc12)C(F)(F)F.[Ag]. The van der Waals surface area contributed by atoms with Crippen LogP contribution in [0, 0.1) is 0 Å². The van der Waals surface area contributed by atoms with E-state index in [0.717, 1.165) is 48.5 Å². The number of hydrogen-bond donors (Lipinski definition) is 0. The van der Waals surface area contributed by atoms with E-state index in [4.69, 9.17) is 0 Å². The van der Waals surface area contributed by atoms with Crippen LogP contribution in [0.5, 0.6) is 0 Å². The second kappa shape index (κ2) is 7.27. The summed E-state index contributed by atoms with van der Waals surface area (Å²) in [6.07, 6.45) is 0.